The Bertz CT molecular complexity index is 407. The maximum Gasteiger partial charge on any atom is 0.157 e. The zero-order valence-electron chi connectivity index (χ0n) is 10.5. The Hall–Kier alpha value is -1.07. The molecule has 2 rings (SSSR count). The average molecular weight is 271 g/mol. The summed E-state index contributed by atoms with van der Waals surface area (Å²) in [5.41, 5.74) is 0.0410. The zero-order chi connectivity index (χ0) is 13.0. The molecular weight excluding hydrogens is 252 g/mol. The first-order chi connectivity index (χ1) is 8.64. The largest absolute Gasteiger partial charge is 0.388 e. The predicted octanol–water partition coefficient (Wildman–Crippen LogP) is 2.28. The molecule has 0 spiro atoms. The Balaban J connectivity index is 2.03. The van der Waals surface area contributed by atoms with Crippen LogP contribution >= 0.6 is 11.6 Å². The highest BCUT2D eigenvalue weighted by atomic mass is 35.5. The van der Waals surface area contributed by atoms with E-state index in [9.17, 15) is 5.11 Å². The summed E-state index contributed by atoms with van der Waals surface area (Å²) in [5.74, 6) is 0.636. The Labute approximate surface area is 112 Å². The summed E-state index contributed by atoms with van der Waals surface area (Å²) in [6, 6.07) is 0. The molecule has 1 aliphatic carbocycles. The third-order valence-corrected chi connectivity index (χ3v) is 3.71. The molecule has 1 aromatic rings. The summed E-state index contributed by atoms with van der Waals surface area (Å²) < 4.78 is 0. The minimum atomic E-state index is -0.624. The molecule has 0 saturated heterocycles. The zero-order valence-corrected chi connectivity index (χ0v) is 11.3. The van der Waals surface area contributed by atoms with Crippen LogP contribution in [0.15, 0.2) is 6.33 Å². The molecular formula is C12H19ClN4O. The van der Waals surface area contributed by atoms with Crippen LogP contribution in [0.2, 0.25) is 5.15 Å². The lowest BCUT2D eigenvalue weighted by molar-refractivity contribution is 0.0167. The van der Waals surface area contributed by atoms with Crippen molar-refractivity contribution >= 4 is 23.1 Å². The maximum absolute atomic E-state index is 10.4. The lowest BCUT2D eigenvalue weighted by Crippen LogP contribution is -2.39. The van der Waals surface area contributed by atoms with Crippen LogP contribution in [0.25, 0.3) is 0 Å². The summed E-state index contributed by atoms with van der Waals surface area (Å²) in [4.78, 5) is 8.06. The molecule has 1 saturated carbocycles. The van der Waals surface area contributed by atoms with Gasteiger partial charge >= 0.3 is 0 Å². The van der Waals surface area contributed by atoms with Crippen molar-refractivity contribution < 1.29 is 5.11 Å². The molecule has 1 aliphatic rings. The van der Waals surface area contributed by atoms with Gasteiger partial charge in [-0.2, -0.15) is 0 Å². The normalized spacial score (nSPS) is 18.4. The van der Waals surface area contributed by atoms with Crippen LogP contribution in [0.5, 0.6) is 0 Å². The number of aliphatic hydroxyl groups is 1. The number of hydrogen-bond acceptors (Lipinski definition) is 5. The molecule has 1 aromatic heterocycles. The van der Waals surface area contributed by atoms with Crippen molar-refractivity contribution in [1.29, 1.82) is 0 Å². The lowest BCUT2D eigenvalue weighted by atomic mass is 9.85. The van der Waals surface area contributed by atoms with Crippen LogP contribution in [0, 0.1) is 0 Å². The van der Waals surface area contributed by atoms with Crippen molar-refractivity contribution in [3.05, 3.63) is 11.5 Å². The second-order valence-electron chi connectivity index (χ2n) is 4.78. The number of halogens is 1. The first kappa shape index (κ1) is 13.4. The van der Waals surface area contributed by atoms with Gasteiger partial charge in [-0.1, -0.05) is 30.9 Å². The van der Waals surface area contributed by atoms with E-state index in [1.165, 1.54) is 12.7 Å². The highest BCUT2D eigenvalue weighted by molar-refractivity contribution is 6.32. The first-order valence-electron chi connectivity index (χ1n) is 6.29. The summed E-state index contributed by atoms with van der Waals surface area (Å²) >= 11 is 5.97. The third kappa shape index (κ3) is 3.03. The van der Waals surface area contributed by atoms with Crippen molar-refractivity contribution in [1.82, 2.24) is 9.97 Å². The number of rotatable bonds is 4. The van der Waals surface area contributed by atoms with Gasteiger partial charge in [0.05, 0.1) is 5.60 Å². The maximum atomic E-state index is 10.4. The van der Waals surface area contributed by atoms with E-state index in [0.717, 1.165) is 25.7 Å². The van der Waals surface area contributed by atoms with Crippen molar-refractivity contribution in [3.8, 4) is 0 Å². The number of aromatic nitrogens is 2. The third-order valence-electron chi connectivity index (χ3n) is 3.42. The molecule has 0 aliphatic heterocycles. The molecule has 100 valence electrons. The van der Waals surface area contributed by atoms with Crippen LogP contribution in [0.4, 0.5) is 11.5 Å². The Morgan fingerprint density at radius 2 is 2.06 bits per heavy atom. The van der Waals surface area contributed by atoms with E-state index >= 15 is 0 Å². The standard InChI is InChI=1S/C12H19ClN4O/c1-14-9-10(13)16-8-17-11(9)15-7-12(18)5-3-2-4-6-12/h8,14,18H,2-7H2,1H3,(H,15,16,17). The molecule has 6 heteroatoms. The van der Waals surface area contributed by atoms with Gasteiger partial charge in [0.25, 0.3) is 0 Å². The van der Waals surface area contributed by atoms with Crippen molar-refractivity contribution in [2.24, 2.45) is 0 Å². The van der Waals surface area contributed by atoms with Crippen molar-refractivity contribution in [2.45, 2.75) is 37.7 Å². The number of anilines is 2. The lowest BCUT2D eigenvalue weighted by Gasteiger charge is -2.32. The second kappa shape index (κ2) is 5.71. The summed E-state index contributed by atoms with van der Waals surface area (Å²) in [5, 5.41) is 16.9. The van der Waals surface area contributed by atoms with Crippen molar-refractivity contribution in [3.63, 3.8) is 0 Å². The van der Waals surface area contributed by atoms with Crippen molar-refractivity contribution in [2.75, 3.05) is 24.2 Å². The molecule has 5 nitrogen and oxygen atoms in total. The number of hydrogen-bond donors (Lipinski definition) is 3. The predicted molar refractivity (Wildman–Crippen MR) is 73.1 cm³/mol. The van der Waals surface area contributed by atoms with Gasteiger partial charge in [0.1, 0.15) is 12.0 Å². The van der Waals surface area contributed by atoms with Gasteiger partial charge in [-0.3, -0.25) is 0 Å². The Morgan fingerprint density at radius 1 is 1.33 bits per heavy atom. The molecule has 1 heterocycles. The van der Waals surface area contributed by atoms with E-state index in [1.54, 1.807) is 7.05 Å². The van der Waals surface area contributed by atoms with E-state index in [4.69, 9.17) is 11.6 Å². The summed E-state index contributed by atoms with van der Waals surface area (Å²) in [7, 11) is 1.77. The summed E-state index contributed by atoms with van der Waals surface area (Å²) in [6.45, 7) is 0.495. The van der Waals surface area contributed by atoms with Gasteiger partial charge in [0, 0.05) is 13.6 Å². The van der Waals surface area contributed by atoms with E-state index in [2.05, 4.69) is 20.6 Å². The monoisotopic (exact) mass is 270 g/mol. The topological polar surface area (TPSA) is 70.1 Å². The fourth-order valence-electron chi connectivity index (χ4n) is 2.35. The second-order valence-corrected chi connectivity index (χ2v) is 5.13. The molecule has 0 atom stereocenters. The van der Waals surface area contributed by atoms with Crippen LogP contribution in [0.1, 0.15) is 32.1 Å². The van der Waals surface area contributed by atoms with Gasteiger partial charge in [-0.05, 0) is 12.8 Å². The first-order valence-corrected chi connectivity index (χ1v) is 6.67. The molecule has 3 N–H and O–H groups in total. The quantitative estimate of drug-likeness (QED) is 0.733. The minimum Gasteiger partial charge on any atom is -0.388 e. The number of nitrogens with zero attached hydrogens (tertiary/aromatic N) is 2. The minimum absolute atomic E-state index is 0.380. The van der Waals surface area contributed by atoms with Gasteiger partial charge < -0.3 is 15.7 Å². The molecule has 1 fully saturated rings. The van der Waals surface area contributed by atoms with Gasteiger partial charge in [-0.15, -0.1) is 0 Å². The average Bonchev–Trinajstić information content (AvgIpc) is 2.37. The van der Waals surface area contributed by atoms with Gasteiger partial charge in [0.2, 0.25) is 0 Å². The van der Waals surface area contributed by atoms with Gasteiger partial charge in [0.15, 0.2) is 11.0 Å². The Morgan fingerprint density at radius 3 is 2.72 bits per heavy atom. The fourth-order valence-corrected chi connectivity index (χ4v) is 2.58. The van der Waals surface area contributed by atoms with E-state index < -0.39 is 5.60 Å². The van der Waals surface area contributed by atoms with Crippen LogP contribution in [0.3, 0.4) is 0 Å². The molecule has 0 bridgehead atoms. The highest BCUT2D eigenvalue weighted by Gasteiger charge is 2.29. The van der Waals surface area contributed by atoms with Crippen LogP contribution in [-0.4, -0.2) is 34.3 Å². The molecule has 0 amide bonds. The van der Waals surface area contributed by atoms with E-state index in [0.29, 0.717) is 23.2 Å². The number of nitrogens with one attached hydrogen (secondary N) is 2. The van der Waals surface area contributed by atoms with Gasteiger partial charge in [-0.25, -0.2) is 9.97 Å². The van der Waals surface area contributed by atoms with E-state index in [-0.39, 0.29) is 0 Å². The molecule has 0 radical (unpaired) electrons. The molecule has 18 heavy (non-hydrogen) atoms. The van der Waals surface area contributed by atoms with E-state index in [1.807, 2.05) is 0 Å². The Kier molecular flexibility index (Phi) is 4.24. The summed E-state index contributed by atoms with van der Waals surface area (Å²) in [6.07, 6.45) is 6.48. The molecule has 0 unspecified atom stereocenters. The SMILES string of the molecule is CNc1c(Cl)ncnc1NCC1(O)CCCCC1. The fraction of sp³-hybridized carbons (Fsp3) is 0.667. The van der Waals surface area contributed by atoms with Crippen LogP contribution in [-0.2, 0) is 0 Å². The smallest absolute Gasteiger partial charge is 0.157 e. The van der Waals surface area contributed by atoms with Crippen LogP contribution < -0.4 is 10.6 Å². The molecule has 0 aromatic carbocycles. The highest BCUT2D eigenvalue weighted by Crippen LogP contribution is 2.30.